The summed E-state index contributed by atoms with van der Waals surface area (Å²) >= 11 is 0. The summed E-state index contributed by atoms with van der Waals surface area (Å²) in [5, 5.41) is 4.50. The average Bonchev–Trinajstić information content (AvgIpc) is 2.94. The van der Waals surface area contributed by atoms with Crippen molar-refractivity contribution in [1.29, 1.82) is 0 Å². The highest BCUT2D eigenvalue weighted by molar-refractivity contribution is 5.94. The second kappa shape index (κ2) is 7.25. The maximum Gasteiger partial charge on any atom is 0.253 e. The van der Waals surface area contributed by atoms with Crippen LogP contribution in [-0.2, 0) is 0 Å². The van der Waals surface area contributed by atoms with Crippen LogP contribution in [-0.4, -0.2) is 45.3 Å². The van der Waals surface area contributed by atoms with Gasteiger partial charge >= 0.3 is 0 Å². The largest absolute Gasteiger partial charge is 0.494 e. The minimum absolute atomic E-state index is 0.0744. The van der Waals surface area contributed by atoms with E-state index in [4.69, 9.17) is 4.74 Å². The van der Waals surface area contributed by atoms with Crippen molar-refractivity contribution in [3.63, 3.8) is 0 Å². The fraction of sp³-hybridized carbons (Fsp3) is 0.526. The molecule has 1 amide bonds. The molecule has 1 atom stereocenters. The lowest BCUT2D eigenvalue weighted by molar-refractivity contribution is 0.0671. The van der Waals surface area contributed by atoms with Gasteiger partial charge in [-0.1, -0.05) is 0 Å². The quantitative estimate of drug-likeness (QED) is 0.857. The van der Waals surface area contributed by atoms with Gasteiger partial charge in [0.1, 0.15) is 17.4 Å². The minimum Gasteiger partial charge on any atom is -0.494 e. The summed E-state index contributed by atoms with van der Waals surface area (Å²) in [7, 11) is 0. The normalized spacial score (nSPS) is 17.6. The fourth-order valence-electron chi connectivity index (χ4n) is 3.50. The molecule has 1 fully saturated rings. The van der Waals surface area contributed by atoms with Crippen molar-refractivity contribution in [2.24, 2.45) is 0 Å². The molecule has 1 aliphatic rings. The van der Waals surface area contributed by atoms with E-state index in [2.05, 4.69) is 10.1 Å². The molecule has 2 aromatic rings. The first kappa shape index (κ1) is 17.5. The Morgan fingerprint density at radius 1 is 1.32 bits per heavy atom. The standard InChI is InChI=1S/C19H26N4O2/c1-5-25-18-9-8-16(11-13(18)2)19(24)22-10-6-7-17(12-22)23-15(4)20-14(3)21-23/h8-9,11,17H,5-7,10,12H2,1-4H3. The highest BCUT2D eigenvalue weighted by atomic mass is 16.5. The molecule has 0 saturated carbocycles. The molecule has 3 rings (SSSR count). The molecule has 1 saturated heterocycles. The monoisotopic (exact) mass is 342 g/mol. The molecule has 2 heterocycles. The van der Waals surface area contributed by atoms with Crippen molar-refractivity contribution in [1.82, 2.24) is 19.7 Å². The van der Waals surface area contributed by atoms with Crippen LogP contribution in [0.15, 0.2) is 18.2 Å². The number of hydrogen-bond donors (Lipinski definition) is 0. The molecule has 6 heteroatoms. The molecule has 1 aromatic heterocycles. The van der Waals surface area contributed by atoms with Crippen LogP contribution in [0.5, 0.6) is 5.75 Å². The van der Waals surface area contributed by atoms with Crippen molar-refractivity contribution >= 4 is 5.91 Å². The number of carbonyl (C=O) groups excluding carboxylic acids is 1. The first-order chi connectivity index (χ1) is 12.0. The van der Waals surface area contributed by atoms with Gasteiger partial charge in [0.15, 0.2) is 0 Å². The van der Waals surface area contributed by atoms with Crippen LogP contribution in [0.25, 0.3) is 0 Å². The summed E-state index contributed by atoms with van der Waals surface area (Å²) in [4.78, 5) is 19.2. The Morgan fingerprint density at radius 3 is 2.76 bits per heavy atom. The molecule has 1 aromatic carbocycles. The van der Waals surface area contributed by atoms with Gasteiger partial charge in [0, 0.05) is 18.7 Å². The summed E-state index contributed by atoms with van der Waals surface area (Å²) in [6.45, 7) is 9.89. The maximum atomic E-state index is 12.9. The molecule has 25 heavy (non-hydrogen) atoms. The van der Waals surface area contributed by atoms with Crippen LogP contribution < -0.4 is 4.74 Å². The molecule has 6 nitrogen and oxygen atoms in total. The van der Waals surface area contributed by atoms with Gasteiger partial charge in [-0.2, -0.15) is 5.10 Å². The molecule has 1 unspecified atom stereocenters. The van der Waals surface area contributed by atoms with Gasteiger partial charge in [0.2, 0.25) is 0 Å². The molecule has 0 radical (unpaired) electrons. The van der Waals surface area contributed by atoms with Crippen molar-refractivity contribution in [3.05, 3.63) is 41.0 Å². The second-order valence-corrected chi connectivity index (χ2v) is 6.61. The van der Waals surface area contributed by atoms with Crippen molar-refractivity contribution in [3.8, 4) is 5.75 Å². The third kappa shape index (κ3) is 3.67. The number of aromatic nitrogens is 3. The van der Waals surface area contributed by atoms with E-state index in [1.54, 1.807) is 0 Å². The van der Waals surface area contributed by atoms with Crippen LogP contribution in [0, 0.1) is 20.8 Å². The van der Waals surface area contributed by atoms with Crippen molar-refractivity contribution in [2.45, 2.75) is 46.6 Å². The van der Waals surface area contributed by atoms with E-state index < -0.39 is 0 Å². The van der Waals surface area contributed by atoms with E-state index >= 15 is 0 Å². The van der Waals surface area contributed by atoms with Gasteiger partial charge in [0.25, 0.3) is 5.91 Å². The first-order valence-electron chi connectivity index (χ1n) is 8.92. The highest BCUT2D eigenvalue weighted by Crippen LogP contribution is 2.25. The van der Waals surface area contributed by atoms with E-state index in [-0.39, 0.29) is 11.9 Å². The van der Waals surface area contributed by atoms with E-state index in [1.807, 2.05) is 55.5 Å². The number of nitrogens with zero attached hydrogens (tertiary/aromatic N) is 4. The van der Waals surface area contributed by atoms with Crippen LogP contribution in [0.4, 0.5) is 0 Å². The Hall–Kier alpha value is -2.37. The van der Waals surface area contributed by atoms with Gasteiger partial charge in [-0.3, -0.25) is 4.79 Å². The number of benzene rings is 1. The number of piperidine rings is 1. The van der Waals surface area contributed by atoms with Gasteiger partial charge in [-0.15, -0.1) is 0 Å². The zero-order chi connectivity index (χ0) is 18.0. The van der Waals surface area contributed by atoms with E-state index in [9.17, 15) is 4.79 Å². The molecular weight excluding hydrogens is 316 g/mol. The lowest BCUT2D eigenvalue weighted by Crippen LogP contribution is -2.41. The number of carbonyl (C=O) groups is 1. The third-order valence-electron chi connectivity index (χ3n) is 4.66. The second-order valence-electron chi connectivity index (χ2n) is 6.61. The Morgan fingerprint density at radius 2 is 2.12 bits per heavy atom. The van der Waals surface area contributed by atoms with Gasteiger partial charge in [0.05, 0.1) is 12.6 Å². The summed E-state index contributed by atoms with van der Waals surface area (Å²) in [6, 6.07) is 5.86. The zero-order valence-electron chi connectivity index (χ0n) is 15.5. The Bertz CT molecular complexity index is 769. The molecule has 0 spiro atoms. The van der Waals surface area contributed by atoms with Crippen molar-refractivity contribution in [2.75, 3.05) is 19.7 Å². The van der Waals surface area contributed by atoms with Crippen LogP contribution in [0.2, 0.25) is 0 Å². The molecule has 1 aliphatic heterocycles. The van der Waals surface area contributed by atoms with E-state index in [0.29, 0.717) is 18.7 Å². The number of ether oxygens (including phenoxy) is 1. The smallest absolute Gasteiger partial charge is 0.253 e. The van der Waals surface area contributed by atoms with E-state index in [1.165, 1.54) is 0 Å². The van der Waals surface area contributed by atoms with Crippen LogP contribution in [0.3, 0.4) is 0 Å². The molecule has 134 valence electrons. The summed E-state index contributed by atoms with van der Waals surface area (Å²) in [5.74, 6) is 2.60. The summed E-state index contributed by atoms with van der Waals surface area (Å²) in [5.41, 5.74) is 1.71. The molecular formula is C19H26N4O2. The lowest BCUT2D eigenvalue weighted by Gasteiger charge is -2.33. The Kier molecular flexibility index (Phi) is 5.06. The Balaban J connectivity index is 1.76. The predicted molar refractivity (Wildman–Crippen MR) is 96.0 cm³/mol. The topological polar surface area (TPSA) is 60.2 Å². The first-order valence-corrected chi connectivity index (χ1v) is 8.92. The highest BCUT2D eigenvalue weighted by Gasteiger charge is 2.27. The Labute approximate surface area is 148 Å². The van der Waals surface area contributed by atoms with Gasteiger partial charge in [-0.25, -0.2) is 9.67 Å². The van der Waals surface area contributed by atoms with Crippen LogP contribution >= 0.6 is 0 Å². The fourth-order valence-corrected chi connectivity index (χ4v) is 3.50. The number of likely N-dealkylation sites (tertiary alicyclic amines) is 1. The number of hydrogen-bond acceptors (Lipinski definition) is 4. The van der Waals surface area contributed by atoms with Crippen LogP contribution in [0.1, 0.15) is 53.4 Å². The molecule has 0 N–H and O–H groups in total. The van der Waals surface area contributed by atoms with Gasteiger partial charge < -0.3 is 9.64 Å². The third-order valence-corrected chi connectivity index (χ3v) is 4.66. The van der Waals surface area contributed by atoms with Crippen molar-refractivity contribution < 1.29 is 9.53 Å². The predicted octanol–water partition coefficient (Wildman–Crippen LogP) is 3.08. The summed E-state index contributed by atoms with van der Waals surface area (Å²) in [6.07, 6.45) is 2.00. The summed E-state index contributed by atoms with van der Waals surface area (Å²) < 4.78 is 7.53. The number of aryl methyl sites for hydroxylation is 3. The number of amides is 1. The van der Waals surface area contributed by atoms with E-state index in [0.717, 1.165) is 42.3 Å². The van der Waals surface area contributed by atoms with Gasteiger partial charge in [-0.05, 0) is 64.3 Å². The minimum atomic E-state index is 0.0744. The number of rotatable bonds is 4. The maximum absolute atomic E-state index is 12.9. The molecule has 0 aliphatic carbocycles. The molecule has 0 bridgehead atoms. The zero-order valence-corrected chi connectivity index (χ0v) is 15.5. The lowest BCUT2D eigenvalue weighted by atomic mass is 10.0. The SMILES string of the molecule is CCOc1ccc(C(=O)N2CCCC(n3nc(C)nc3C)C2)cc1C. The average molecular weight is 342 g/mol.